The molecule has 0 spiro atoms. The molecule has 1 saturated heterocycles. The van der Waals surface area contributed by atoms with Gasteiger partial charge in [-0.15, -0.1) is 0 Å². The quantitative estimate of drug-likeness (QED) is 0.724. The van der Waals surface area contributed by atoms with Crippen LogP contribution in [-0.4, -0.2) is 35.3 Å². The molecular formula is C26H40N2O2. The Morgan fingerprint density at radius 3 is 2.20 bits per heavy atom. The fraction of sp³-hybridized carbons (Fsp3) is 0.692. The first-order chi connectivity index (χ1) is 14.0. The number of nitrogens with one attached hydrogen (secondary N) is 1. The van der Waals surface area contributed by atoms with E-state index in [9.17, 15) is 9.59 Å². The van der Waals surface area contributed by atoms with Gasteiger partial charge < -0.3 is 10.2 Å². The highest BCUT2D eigenvalue weighted by Gasteiger charge is 2.49. The molecule has 0 radical (unpaired) electrons. The number of benzene rings is 1. The molecule has 30 heavy (non-hydrogen) atoms. The Morgan fingerprint density at radius 1 is 1.07 bits per heavy atom. The number of hydrogen-bond acceptors (Lipinski definition) is 2. The zero-order valence-corrected chi connectivity index (χ0v) is 19.9. The maximum atomic E-state index is 13.5. The van der Waals surface area contributed by atoms with Crippen LogP contribution in [0.3, 0.4) is 0 Å². The number of amides is 2. The predicted octanol–water partition coefficient (Wildman–Crippen LogP) is 4.88. The molecular weight excluding hydrogens is 372 g/mol. The average Bonchev–Trinajstić information content (AvgIpc) is 3.42. The second-order valence-corrected chi connectivity index (χ2v) is 11.3. The van der Waals surface area contributed by atoms with Crippen LogP contribution in [0.2, 0.25) is 0 Å². The van der Waals surface area contributed by atoms with Crippen LogP contribution >= 0.6 is 0 Å². The Balaban J connectivity index is 1.73. The van der Waals surface area contributed by atoms with Crippen molar-refractivity contribution in [1.29, 1.82) is 0 Å². The molecule has 1 N–H and O–H groups in total. The van der Waals surface area contributed by atoms with Crippen LogP contribution in [0, 0.1) is 17.8 Å². The highest BCUT2D eigenvalue weighted by molar-refractivity contribution is 5.91. The Labute approximate surface area is 182 Å². The summed E-state index contributed by atoms with van der Waals surface area (Å²) >= 11 is 0. The second kappa shape index (κ2) is 8.72. The van der Waals surface area contributed by atoms with Crippen LogP contribution < -0.4 is 5.32 Å². The van der Waals surface area contributed by atoms with Gasteiger partial charge in [0.05, 0.1) is 0 Å². The number of nitrogens with zero attached hydrogens (tertiary/aromatic N) is 1. The summed E-state index contributed by atoms with van der Waals surface area (Å²) in [4.78, 5) is 28.3. The zero-order chi connectivity index (χ0) is 22.2. The van der Waals surface area contributed by atoms with Crippen molar-refractivity contribution in [1.82, 2.24) is 10.2 Å². The molecule has 2 aliphatic rings. The zero-order valence-electron chi connectivity index (χ0n) is 19.9. The van der Waals surface area contributed by atoms with E-state index in [1.807, 2.05) is 4.90 Å². The number of piperazine rings is 1. The Kier molecular flexibility index (Phi) is 6.64. The SMILES string of the molecule is CC(C)C[C@H]1CN(C(=O)[C@@H]2C[C@H]2c2ccc(C(C)(C)C)cc2)[C@@H](CC(C)C)C(=O)N1. The van der Waals surface area contributed by atoms with Gasteiger partial charge in [0, 0.05) is 18.5 Å². The van der Waals surface area contributed by atoms with Gasteiger partial charge in [-0.1, -0.05) is 72.7 Å². The standard InChI is InChI=1S/C26H40N2O2/c1-16(2)12-20-15-28(23(13-17(3)4)24(29)27-20)25(30)22-14-21(22)18-8-10-19(11-9-18)26(5,6)7/h8-11,16-17,20-23H,12-15H2,1-7H3,(H,27,29)/t20-,21-,22+,23-/m0/s1. The molecule has 1 aliphatic heterocycles. The molecule has 1 heterocycles. The Morgan fingerprint density at radius 2 is 1.67 bits per heavy atom. The largest absolute Gasteiger partial charge is 0.350 e. The molecule has 3 rings (SSSR count). The summed E-state index contributed by atoms with van der Waals surface area (Å²) in [6, 6.07) is 8.51. The first-order valence-corrected chi connectivity index (χ1v) is 11.7. The molecule has 1 aliphatic carbocycles. The molecule has 4 nitrogen and oxygen atoms in total. The smallest absolute Gasteiger partial charge is 0.243 e. The van der Waals surface area contributed by atoms with Gasteiger partial charge in [0.1, 0.15) is 6.04 Å². The van der Waals surface area contributed by atoms with E-state index in [0.717, 1.165) is 19.3 Å². The minimum atomic E-state index is -0.328. The van der Waals surface area contributed by atoms with Gasteiger partial charge in [0.25, 0.3) is 0 Å². The second-order valence-electron chi connectivity index (χ2n) is 11.3. The lowest BCUT2D eigenvalue weighted by Gasteiger charge is -2.41. The van der Waals surface area contributed by atoms with E-state index in [-0.39, 0.29) is 35.2 Å². The highest BCUT2D eigenvalue weighted by atomic mass is 16.2. The summed E-state index contributed by atoms with van der Waals surface area (Å²) in [7, 11) is 0. The number of carbonyl (C=O) groups is 2. The van der Waals surface area contributed by atoms with Crippen molar-refractivity contribution >= 4 is 11.8 Å². The van der Waals surface area contributed by atoms with Crippen LogP contribution in [0.25, 0.3) is 0 Å². The normalized spacial score (nSPS) is 26.8. The first kappa shape index (κ1) is 22.8. The third kappa shape index (κ3) is 5.25. The van der Waals surface area contributed by atoms with Crippen molar-refractivity contribution in [2.24, 2.45) is 17.8 Å². The minimum absolute atomic E-state index is 0.0192. The Hall–Kier alpha value is -1.84. The molecule has 166 valence electrons. The lowest BCUT2D eigenvalue weighted by molar-refractivity contribution is -0.146. The maximum absolute atomic E-state index is 13.5. The number of rotatable bonds is 6. The third-order valence-corrected chi connectivity index (χ3v) is 6.49. The predicted molar refractivity (Wildman–Crippen MR) is 122 cm³/mol. The monoisotopic (exact) mass is 412 g/mol. The van der Waals surface area contributed by atoms with Crippen LogP contribution in [0.5, 0.6) is 0 Å². The Bertz CT molecular complexity index is 760. The molecule has 4 heteroatoms. The third-order valence-electron chi connectivity index (χ3n) is 6.49. The van der Waals surface area contributed by atoms with Gasteiger partial charge in [-0.25, -0.2) is 0 Å². The molecule has 0 aromatic heterocycles. The van der Waals surface area contributed by atoms with E-state index in [1.165, 1.54) is 11.1 Å². The van der Waals surface area contributed by atoms with E-state index >= 15 is 0 Å². The summed E-state index contributed by atoms with van der Waals surface area (Å²) in [5, 5.41) is 3.18. The van der Waals surface area contributed by atoms with Crippen molar-refractivity contribution in [3.8, 4) is 0 Å². The number of carbonyl (C=O) groups excluding carboxylic acids is 2. The molecule has 1 aromatic carbocycles. The van der Waals surface area contributed by atoms with Crippen molar-refractivity contribution < 1.29 is 9.59 Å². The summed E-state index contributed by atoms with van der Waals surface area (Å²) in [5.74, 6) is 1.38. The lowest BCUT2D eigenvalue weighted by atomic mass is 9.86. The summed E-state index contributed by atoms with van der Waals surface area (Å²) in [6.07, 6.45) is 2.53. The first-order valence-electron chi connectivity index (χ1n) is 11.7. The molecule has 4 atom stereocenters. The summed E-state index contributed by atoms with van der Waals surface area (Å²) in [6.45, 7) is 15.9. The topological polar surface area (TPSA) is 49.4 Å². The molecule has 1 saturated carbocycles. The molecule has 1 aromatic rings. The van der Waals surface area contributed by atoms with Gasteiger partial charge in [0.15, 0.2) is 0 Å². The highest BCUT2D eigenvalue weighted by Crippen LogP contribution is 2.49. The maximum Gasteiger partial charge on any atom is 0.243 e. The van der Waals surface area contributed by atoms with Crippen molar-refractivity contribution in [2.45, 2.75) is 91.1 Å². The molecule has 0 unspecified atom stereocenters. The lowest BCUT2D eigenvalue weighted by Crippen LogP contribution is -2.62. The van der Waals surface area contributed by atoms with Crippen LogP contribution in [0.1, 0.15) is 84.8 Å². The van der Waals surface area contributed by atoms with Gasteiger partial charge in [-0.3, -0.25) is 9.59 Å². The van der Waals surface area contributed by atoms with E-state index in [2.05, 4.69) is 78.0 Å². The molecule has 2 fully saturated rings. The minimum Gasteiger partial charge on any atom is -0.350 e. The van der Waals surface area contributed by atoms with Crippen LogP contribution in [0.4, 0.5) is 0 Å². The summed E-state index contributed by atoms with van der Waals surface area (Å²) in [5.41, 5.74) is 2.70. The van der Waals surface area contributed by atoms with Gasteiger partial charge in [0.2, 0.25) is 11.8 Å². The van der Waals surface area contributed by atoms with Crippen LogP contribution in [-0.2, 0) is 15.0 Å². The fourth-order valence-electron chi connectivity index (χ4n) is 4.76. The fourth-order valence-corrected chi connectivity index (χ4v) is 4.76. The van der Waals surface area contributed by atoms with E-state index in [1.54, 1.807) is 0 Å². The van der Waals surface area contributed by atoms with Gasteiger partial charge in [-0.2, -0.15) is 0 Å². The van der Waals surface area contributed by atoms with Crippen molar-refractivity contribution in [3.63, 3.8) is 0 Å². The average molecular weight is 413 g/mol. The van der Waals surface area contributed by atoms with Gasteiger partial charge in [-0.05, 0) is 53.6 Å². The van der Waals surface area contributed by atoms with E-state index in [4.69, 9.17) is 0 Å². The molecule has 2 amide bonds. The van der Waals surface area contributed by atoms with E-state index < -0.39 is 0 Å². The van der Waals surface area contributed by atoms with E-state index in [0.29, 0.717) is 24.3 Å². The molecule has 0 bridgehead atoms. The number of hydrogen-bond donors (Lipinski definition) is 1. The summed E-state index contributed by atoms with van der Waals surface area (Å²) < 4.78 is 0. The van der Waals surface area contributed by atoms with Crippen molar-refractivity contribution in [3.05, 3.63) is 35.4 Å². The van der Waals surface area contributed by atoms with Crippen LogP contribution in [0.15, 0.2) is 24.3 Å². The van der Waals surface area contributed by atoms with Gasteiger partial charge >= 0.3 is 0 Å². The van der Waals surface area contributed by atoms with Crippen molar-refractivity contribution in [2.75, 3.05) is 6.54 Å².